The monoisotopic (exact) mass is 834 g/mol. The number of unbranched alkanes of at least 4 members (excludes halogenated alkanes) is 14. The first kappa shape index (κ1) is 55.5. The van der Waals surface area contributed by atoms with Crippen LogP contribution in [0.15, 0.2) is 72.9 Å². The van der Waals surface area contributed by atoms with Gasteiger partial charge < -0.3 is 27.9 Å². The van der Waals surface area contributed by atoms with Gasteiger partial charge in [-0.2, -0.15) is 0 Å². The third-order valence-corrected chi connectivity index (χ3v) is 10.2. The molecule has 0 aromatic heterocycles. The Morgan fingerprint density at radius 1 is 0.552 bits per heavy atom. The maximum absolute atomic E-state index is 12.7. The van der Waals surface area contributed by atoms with Crippen molar-refractivity contribution in [1.82, 2.24) is 0 Å². The lowest BCUT2D eigenvalue weighted by atomic mass is 10.1. The van der Waals surface area contributed by atoms with Crippen LogP contribution in [0.25, 0.3) is 0 Å². The number of allylic oxidation sites excluding steroid dienone is 12. The fraction of sp³-hybridized carbons (Fsp3) is 0.708. The van der Waals surface area contributed by atoms with Crippen LogP contribution in [0.5, 0.6) is 0 Å². The van der Waals surface area contributed by atoms with Crippen molar-refractivity contribution >= 4 is 19.8 Å². The molecule has 0 aliphatic rings. The largest absolute Gasteiger partial charge is 0.756 e. The van der Waals surface area contributed by atoms with Gasteiger partial charge in [0.2, 0.25) is 0 Å². The molecule has 0 aliphatic heterocycles. The molecular weight excluding hydrogens is 750 g/mol. The number of esters is 2. The number of phosphoric acid groups is 1. The number of nitrogens with zero attached hydrogens (tertiary/aromatic N) is 1. The fourth-order valence-corrected chi connectivity index (χ4v) is 6.43. The second kappa shape index (κ2) is 39.9. The summed E-state index contributed by atoms with van der Waals surface area (Å²) in [7, 11) is 1.12. The summed E-state index contributed by atoms with van der Waals surface area (Å²) in [6.07, 6.45) is 49.4. The number of quaternary nitrogens is 1. The highest BCUT2D eigenvalue weighted by molar-refractivity contribution is 7.45. The van der Waals surface area contributed by atoms with E-state index in [-0.39, 0.29) is 26.1 Å². The van der Waals surface area contributed by atoms with Gasteiger partial charge in [-0.1, -0.05) is 157 Å². The Bertz CT molecular complexity index is 1220. The van der Waals surface area contributed by atoms with Crippen LogP contribution in [0.3, 0.4) is 0 Å². The highest BCUT2D eigenvalue weighted by Gasteiger charge is 2.21. The van der Waals surface area contributed by atoms with Gasteiger partial charge in [0.05, 0.1) is 27.7 Å². The van der Waals surface area contributed by atoms with Crippen LogP contribution >= 0.6 is 7.82 Å². The molecule has 0 rings (SSSR count). The second-order valence-corrected chi connectivity index (χ2v) is 17.4. The Balaban J connectivity index is 4.46. The van der Waals surface area contributed by atoms with Crippen molar-refractivity contribution in [2.24, 2.45) is 0 Å². The van der Waals surface area contributed by atoms with E-state index >= 15 is 0 Å². The Morgan fingerprint density at radius 2 is 1.02 bits per heavy atom. The van der Waals surface area contributed by atoms with Gasteiger partial charge in [0.25, 0.3) is 7.82 Å². The van der Waals surface area contributed by atoms with Gasteiger partial charge >= 0.3 is 11.9 Å². The molecular formula is C48H84NO8P. The van der Waals surface area contributed by atoms with Gasteiger partial charge in [0.15, 0.2) is 6.10 Å². The minimum Gasteiger partial charge on any atom is -0.756 e. The lowest BCUT2D eigenvalue weighted by Crippen LogP contribution is -2.37. The minimum atomic E-state index is -4.65. The third-order valence-electron chi connectivity index (χ3n) is 9.22. The summed E-state index contributed by atoms with van der Waals surface area (Å²) >= 11 is 0. The summed E-state index contributed by atoms with van der Waals surface area (Å²) in [5.74, 6) is -0.934. The fourth-order valence-electron chi connectivity index (χ4n) is 5.70. The van der Waals surface area contributed by atoms with E-state index in [1.807, 2.05) is 27.2 Å². The van der Waals surface area contributed by atoms with E-state index in [0.717, 1.165) is 64.2 Å². The molecule has 334 valence electrons. The summed E-state index contributed by atoms with van der Waals surface area (Å²) in [5, 5.41) is 0. The van der Waals surface area contributed by atoms with E-state index in [2.05, 4.69) is 80.7 Å². The van der Waals surface area contributed by atoms with Crippen molar-refractivity contribution in [2.75, 3.05) is 47.5 Å². The zero-order valence-corrected chi connectivity index (χ0v) is 38.4. The van der Waals surface area contributed by atoms with Gasteiger partial charge in [-0.25, -0.2) is 0 Å². The summed E-state index contributed by atoms with van der Waals surface area (Å²) in [5.41, 5.74) is 0. The molecule has 0 aromatic rings. The zero-order chi connectivity index (χ0) is 42.8. The normalized spacial score (nSPS) is 14.2. The van der Waals surface area contributed by atoms with Crippen molar-refractivity contribution in [3.8, 4) is 0 Å². The van der Waals surface area contributed by atoms with E-state index < -0.39 is 32.5 Å². The minimum absolute atomic E-state index is 0.0455. The first-order chi connectivity index (χ1) is 28.0. The molecule has 0 saturated carbocycles. The van der Waals surface area contributed by atoms with E-state index in [0.29, 0.717) is 23.9 Å². The number of ether oxygens (including phenoxy) is 2. The highest BCUT2D eigenvalue weighted by Crippen LogP contribution is 2.38. The maximum Gasteiger partial charge on any atom is 0.306 e. The Hall–Kier alpha value is -2.55. The number of likely N-dealkylation sites (N-methyl/N-ethyl adjacent to an activating group) is 1. The van der Waals surface area contributed by atoms with Crippen LogP contribution in [-0.4, -0.2) is 70.0 Å². The number of carbonyl (C=O) groups is 2. The number of rotatable bonds is 40. The molecule has 1 unspecified atom stereocenters. The number of carbonyl (C=O) groups excluding carboxylic acids is 2. The van der Waals surface area contributed by atoms with Crippen LogP contribution in [0.2, 0.25) is 0 Å². The molecule has 0 heterocycles. The van der Waals surface area contributed by atoms with Crippen LogP contribution < -0.4 is 4.89 Å². The average molecular weight is 834 g/mol. The van der Waals surface area contributed by atoms with Crippen LogP contribution in [0.4, 0.5) is 0 Å². The molecule has 0 radical (unpaired) electrons. The molecule has 10 heteroatoms. The first-order valence-corrected chi connectivity index (χ1v) is 24.1. The Labute approximate surface area is 355 Å². The standard InChI is InChI=1S/C48H84NO8P/c1-6-8-10-12-14-16-18-20-22-23-24-25-27-29-31-33-35-37-39-41-48(51)57-46(45-56-58(52,53)55-43-42-49(3,4)5)44-54-47(50)40-38-36-34-32-30-28-26-21-19-17-15-13-11-9-7-2/h8,10,14,16,20,22,24-25,29,31,34,36,46H,6-7,9,11-13,15,17-19,21,23,26-28,30,32-33,35,37-45H2,1-5H3/b10-8+,16-14+,22-20+,25-24+,31-29+,36-34+/t46-/m1/s1. The molecule has 0 fully saturated rings. The second-order valence-electron chi connectivity index (χ2n) is 16.0. The summed E-state index contributed by atoms with van der Waals surface area (Å²) in [4.78, 5) is 37.5. The Morgan fingerprint density at radius 3 is 1.55 bits per heavy atom. The lowest BCUT2D eigenvalue weighted by Gasteiger charge is -2.28. The molecule has 0 amide bonds. The van der Waals surface area contributed by atoms with Gasteiger partial charge in [0.1, 0.15) is 19.8 Å². The SMILES string of the molecule is CC/C=C/C/C=C/C/C=C/C/C=C/C/C=C/CCCCCC(=O)O[C@H](COC(=O)CC/C=C/CCCCCCCCCCCCC)COP(=O)([O-])OCC[N+](C)(C)C. The number of phosphoric ester groups is 1. The van der Waals surface area contributed by atoms with Gasteiger partial charge in [-0.15, -0.1) is 0 Å². The molecule has 0 bridgehead atoms. The lowest BCUT2D eigenvalue weighted by molar-refractivity contribution is -0.870. The van der Waals surface area contributed by atoms with Gasteiger partial charge in [-0.05, 0) is 70.6 Å². The van der Waals surface area contributed by atoms with Crippen molar-refractivity contribution < 1.29 is 42.1 Å². The van der Waals surface area contributed by atoms with Crippen LogP contribution in [0, 0.1) is 0 Å². The van der Waals surface area contributed by atoms with E-state index in [4.69, 9.17) is 18.5 Å². The van der Waals surface area contributed by atoms with Crippen molar-refractivity contribution in [3.63, 3.8) is 0 Å². The molecule has 0 aromatic carbocycles. The first-order valence-electron chi connectivity index (χ1n) is 22.6. The van der Waals surface area contributed by atoms with Crippen molar-refractivity contribution in [3.05, 3.63) is 72.9 Å². The maximum atomic E-state index is 12.7. The van der Waals surface area contributed by atoms with E-state index in [1.165, 1.54) is 64.2 Å². The quantitative estimate of drug-likeness (QED) is 0.0197. The molecule has 58 heavy (non-hydrogen) atoms. The third kappa shape index (κ3) is 43.0. The number of hydrogen-bond acceptors (Lipinski definition) is 8. The van der Waals surface area contributed by atoms with Crippen LogP contribution in [-0.2, 0) is 32.7 Å². The molecule has 9 nitrogen and oxygen atoms in total. The molecule has 0 aliphatic carbocycles. The molecule has 0 N–H and O–H groups in total. The molecule has 0 saturated heterocycles. The van der Waals surface area contributed by atoms with Gasteiger partial charge in [0, 0.05) is 12.8 Å². The van der Waals surface area contributed by atoms with Gasteiger partial charge in [-0.3, -0.25) is 14.2 Å². The van der Waals surface area contributed by atoms with Crippen molar-refractivity contribution in [2.45, 2.75) is 174 Å². The van der Waals surface area contributed by atoms with Crippen molar-refractivity contribution in [1.29, 1.82) is 0 Å². The zero-order valence-electron chi connectivity index (χ0n) is 37.5. The summed E-state index contributed by atoms with van der Waals surface area (Å²) in [6.45, 7) is 4.02. The molecule has 2 atom stereocenters. The van der Waals surface area contributed by atoms with E-state index in [9.17, 15) is 19.0 Å². The summed E-state index contributed by atoms with van der Waals surface area (Å²) < 4.78 is 33.8. The Kier molecular flexibility index (Phi) is 38.1. The summed E-state index contributed by atoms with van der Waals surface area (Å²) in [6, 6.07) is 0. The highest BCUT2D eigenvalue weighted by atomic mass is 31.2. The topological polar surface area (TPSA) is 111 Å². The predicted molar refractivity (Wildman–Crippen MR) is 240 cm³/mol. The smallest absolute Gasteiger partial charge is 0.306 e. The molecule has 0 spiro atoms. The predicted octanol–water partition coefficient (Wildman–Crippen LogP) is 12.4. The average Bonchev–Trinajstić information content (AvgIpc) is 3.17. The van der Waals surface area contributed by atoms with E-state index in [1.54, 1.807) is 0 Å². The number of hydrogen-bond donors (Lipinski definition) is 0. The van der Waals surface area contributed by atoms with Crippen LogP contribution in [0.1, 0.15) is 168 Å².